The first-order chi connectivity index (χ1) is 14.1. The quantitative estimate of drug-likeness (QED) is 0.839. The second-order valence-electron chi connectivity index (χ2n) is 7.38. The molecule has 2 aliphatic rings. The molecule has 0 spiro atoms. The zero-order chi connectivity index (χ0) is 20.4. The van der Waals surface area contributed by atoms with Gasteiger partial charge in [-0.15, -0.1) is 0 Å². The summed E-state index contributed by atoms with van der Waals surface area (Å²) in [7, 11) is 0. The molecule has 2 atom stereocenters. The summed E-state index contributed by atoms with van der Waals surface area (Å²) < 4.78 is 0. The molecule has 2 fully saturated rings. The van der Waals surface area contributed by atoms with E-state index in [1.807, 2.05) is 30.3 Å². The van der Waals surface area contributed by atoms with Crippen LogP contribution in [0.4, 0.5) is 4.79 Å². The lowest BCUT2D eigenvalue weighted by Gasteiger charge is -2.47. The van der Waals surface area contributed by atoms with Gasteiger partial charge >= 0.3 is 6.03 Å². The van der Waals surface area contributed by atoms with Crippen LogP contribution in [0.5, 0.6) is 0 Å². The van der Waals surface area contributed by atoms with Crippen molar-refractivity contribution in [1.29, 1.82) is 5.26 Å². The fraction of sp³-hybridized carbons (Fsp3) is 0.318. The molecular formula is C22H21ClN4O2. The number of nitriles is 1. The third kappa shape index (κ3) is 3.84. The van der Waals surface area contributed by atoms with Crippen molar-refractivity contribution in [2.45, 2.75) is 32.1 Å². The number of urea groups is 1. The van der Waals surface area contributed by atoms with Crippen molar-refractivity contribution in [2.24, 2.45) is 5.92 Å². The first-order valence-electron chi connectivity index (χ1n) is 9.66. The Bertz CT molecular complexity index is 970. The summed E-state index contributed by atoms with van der Waals surface area (Å²) in [6.07, 6.45) is 1.32. The number of rotatable bonds is 4. The minimum atomic E-state index is -0.324. The molecule has 0 bridgehead atoms. The van der Waals surface area contributed by atoms with Gasteiger partial charge in [-0.3, -0.25) is 15.0 Å². The molecule has 3 amide bonds. The molecule has 2 aliphatic heterocycles. The van der Waals surface area contributed by atoms with E-state index in [2.05, 4.69) is 11.4 Å². The van der Waals surface area contributed by atoms with E-state index in [0.717, 1.165) is 30.5 Å². The largest absolute Gasteiger partial charge is 0.328 e. The Morgan fingerprint density at radius 3 is 2.59 bits per heavy atom. The van der Waals surface area contributed by atoms with Crippen LogP contribution in [0.1, 0.15) is 29.5 Å². The van der Waals surface area contributed by atoms with Crippen LogP contribution in [0.15, 0.2) is 48.5 Å². The standard InChI is InChI=1S/C22H21ClN4O2/c23-19-6-2-1-4-17(19)14-27-21(28)18-5-3-11-25-20(18)26(22(27)29)13-16-9-7-15(12-24)8-10-16/h1-2,4,6-10,18,20,25H,3,5,11,13-14H2. The Morgan fingerprint density at radius 2 is 1.86 bits per heavy atom. The van der Waals surface area contributed by atoms with Gasteiger partial charge in [0.15, 0.2) is 0 Å². The van der Waals surface area contributed by atoms with Crippen LogP contribution in [-0.2, 0) is 17.9 Å². The Labute approximate surface area is 174 Å². The number of amides is 3. The van der Waals surface area contributed by atoms with Gasteiger partial charge in [0, 0.05) is 11.6 Å². The Kier molecular flexibility index (Phi) is 5.52. The van der Waals surface area contributed by atoms with E-state index in [-0.39, 0.29) is 30.6 Å². The summed E-state index contributed by atoms with van der Waals surface area (Å²) in [6, 6.07) is 16.2. The maximum atomic E-state index is 13.3. The molecule has 2 unspecified atom stereocenters. The van der Waals surface area contributed by atoms with Crippen LogP contribution in [0, 0.1) is 17.2 Å². The number of hydrogen-bond acceptors (Lipinski definition) is 4. The van der Waals surface area contributed by atoms with E-state index in [4.69, 9.17) is 16.9 Å². The fourth-order valence-corrected chi connectivity index (χ4v) is 4.21. The molecule has 2 heterocycles. The Morgan fingerprint density at radius 1 is 1.10 bits per heavy atom. The molecule has 6 nitrogen and oxygen atoms in total. The molecule has 0 aliphatic carbocycles. The fourth-order valence-electron chi connectivity index (χ4n) is 4.02. The molecule has 29 heavy (non-hydrogen) atoms. The van der Waals surface area contributed by atoms with Gasteiger partial charge in [0.1, 0.15) is 0 Å². The molecular weight excluding hydrogens is 388 g/mol. The monoisotopic (exact) mass is 408 g/mol. The van der Waals surface area contributed by atoms with Crippen LogP contribution >= 0.6 is 11.6 Å². The molecule has 7 heteroatoms. The molecule has 2 aromatic rings. The van der Waals surface area contributed by atoms with Gasteiger partial charge in [0.25, 0.3) is 0 Å². The summed E-state index contributed by atoms with van der Waals surface area (Å²) in [5, 5.41) is 12.9. The SMILES string of the molecule is N#Cc1ccc(CN2C(=O)N(Cc3ccccc3Cl)C(=O)C3CCCNC32)cc1. The minimum absolute atomic E-state index is 0.150. The molecule has 148 valence electrons. The van der Waals surface area contributed by atoms with Crippen molar-refractivity contribution >= 4 is 23.5 Å². The normalized spacial score (nSPS) is 21.7. The predicted molar refractivity (Wildman–Crippen MR) is 109 cm³/mol. The second kappa shape index (κ2) is 8.24. The maximum absolute atomic E-state index is 13.3. The molecule has 2 aromatic carbocycles. The van der Waals surface area contributed by atoms with Gasteiger partial charge in [-0.2, -0.15) is 5.26 Å². The lowest BCUT2D eigenvalue weighted by Crippen LogP contribution is -2.66. The van der Waals surface area contributed by atoms with Crippen molar-refractivity contribution in [3.05, 3.63) is 70.2 Å². The van der Waals surface area contributed by atoms with Crippen LogP contribution < -0.4 is 5.32 Å². The van der Waals surface area contributed by atoms with Gasteiger partial charge in [0.2, 0.25) is 5.91 Å². The number of carbonyl (C=O) groups is 2. The topological polar surface area (TPSA) is 76.4 Å². The van der Waals surface area contributed by atoms with Crippen LogP contribution in [0.2, 0.25) is 5.02 Å². The van der Waals surface area contributed by atoms with Gasteiger partial charge in [-0.25, -0.2) is 4.79 Å². The lowest BCUT2D eigenvalue weighted by atomic mass is 9.91. The summed E-state index contributed by atoms with van der Waals surface area (Å²) in [4.78, 5) is 29.5. The number of nitrogens with one attached hydrogen (secondary N) is 1. The van der Waals surface area contributed by atoms with E-state index in [9.17, 15) is 9.59 Å². The highest BCUT2D eigenvalue weighted by Gasteiger charge is 2.47. The second-order valence-corrected chi connectivity index (χ2v) is 7.79. The van der Waals surface area contributed by atoms with Gasteiger partial charge in [0.05, 0.1) is 30.3 Å². The number of nitrogens with zero attached hydrogens (tertiary/aromatic N) is 3. The van der Waals surface area contributed by atoms with Crippen LogP contribution in [0.3, 0.4) is 0 Å². The van der Waals surface area contributed by atoms with Crippen LogP contribution in [-0.4, -0.2) is 34.4 Å². The number of piperidine rings is 1. The maximum Gasteiger partial charge on any atom is 0.328 e. The van der Waals surface area contributed by atoms with E-state index < -0.39 is 0 Å². The summed E-state index contributed by atoms with van der Waals surface area (Å²) in [5.41, 5.74) is 2.23. The average molecular weight is 409 g/mol. The first kappa shape index (κ1) is 19.4. The lowest BCUT2D eigenvalue weighted by molar-refractivity contribution is -0.142. The van der Waals surface area contributed by atoms with Gasteiger partial charge < -0.3 is 4.90 Å². The minimum Gasteiger partial charge on any atom is -0.304 e. The highest BCUT2D eigenvalue weighted by atomic mass is 35.5. The zero-order valence-electron chi connectivity index (χ0n) is 15.8. The molecule has 2 saturated heterocycles. The number of imide groups is 1. The van der Waals surface area contributed by atoms with Crippen molar-refractivity contribution in [1.82, 2.24) is 15.1 Å². The highest BCUT2D eigenvalue weighted by Crippen LogP contribution is 2.31. The number of carbonyl (C=O) groups excluding carboxylic acids is 2. The van der Waals surface area contributed by atoms with E-state index in [1.54, 1.807) is 23.1 Å². The predicted octanol–water partition coefficient (Wildman–Crippen LogP) is 3.50. The number of fused-ring (bicyclic) bond motifs is 1. The highest BCUT2D eigenvalue weighted by molar-refractivity contribution is 6.31. The van der Waals surface area contributed by atoms with E-state index >= 15 is 0 Å². The number of benzene rings is 2. The van der Waals surface area contributed by atoms with Crippen molar-refractivity contribution in [3.63, 3.8) is 0 Å². The first-order valence-corrected chi connectivity index (χ1v) is 10.0. The van der Waals surface area contributed by atoms with Gasteiger partial charge in [-0.05, 0) is 48.7 Å². The van der Waals surface area contributed by atoms with Crippen LogP contribution in [0.25, 0.3) is 0 Å². The molecule has 0 radical (unpaired) electrons. The van der Waals surface area contributed by atoms with Crippen molar-refractivity contribution in [3.8, 4) is 6.07 Å². The zero-order valence-corrected chi connectivity index (χ0v) is 16.6. The average Bonchev–Trinajstić information content (AvgIpc) is 2.76. The third-order valence-corrected chi connectivity index (χ3v) is 5.91. The Hall–Kier alpha value is -2.88. The van der Waals surface area contributed by atoms with Crippen molar-refractivity contribution in [2.75, 3.05) is 6.54 Å². The molecule has 0 saturated carbocycles. The number of halogens is 1. The van der Waals surface area contributed by atoms with Gasteiger partial charge in [-0.1, -0.05) is 41.9 Å². The molecule has 4 rings (SSSR count). The van der Waals surface area contributed by atoms with Crippen molar-refractivity contribution < 1.29 is 9.59 Å². The summed E-state index contributed by atoms with van der Waals surface area (Å²) in [6.45, 7) is 1.30. The third-order valence-electron chi connectivity index (χ3n) is 5.54. The molecule has 1 N–H and O–H groups in total. The van der Waals surface area contributed by atoms with E-state index in [1.165, 1.54) is 4.90 Å². The summed E-state index contributed by atoms with van der Waals surface area (Å²) in [5.74, 6) is -0.425. The van der Waals surface area contributed by atoms with E-state index in [0.29, 0.717) is 17.1 Å². The smallest absolute Gasteiger partial charge is 0.304 e. The molecule has 0 aromatic heterocycles. The summed E-state index contributed by atoms with van der Waals surface area (Å²) >= 11 is 6.27. The number of hydrogen-bond donors (Lipinski definition) is 1. The Balaban J connectivity index is 1.63.